The summed E-state index contributed by atoms with van der Waals surface area (Å²) in [6.45, 7) is 0. The average molecular weight is 215 g/mol. The van der Waals surface area contributed by atoms with Crippen LogP contribution >= 0.6 is 0 Å². The van der Waals surface area contributed by atoms with Gasteiger partial charge in [0.25, 0.3) is 0 Å². The molecule has 0 saturated heterocycles. The van der Waals surface area contributed by atoms with Crippen molar-refractivity contribution < 1.29 is 0 Å². The van der Waals surface area contributed by atoms with E-state index in [4.69, 9.17) is 5.73 Å². The lowest BCUT2D eigenvalue weighted by molar-refractivity contribution is 0.613. The lowest BCUT2D eigenvalue weighted by Crippen LogP contribution is -2.26. The highest BCUT2D eigenvalue weighted by molar-refractivity contribution is 5.16. The first kappa shape index (κ1) is 10.9. The van der Waals surface area contributed by atoms with Gasteiger partial charge in [0.05, 0.1) is 0 Å². The highest BCUT2D eigenvalue weighted by Crippen LogP contribution is 2.06. The van der Waals surface area contributed by atoms with Crippen LogP contribution in [0.1, 0.15) is 11.3 Å². The number of nitrogens with zero attached hydrogens (tertiary/aromatic N) is 2. The first-order valence-corrected chi connectivity index (χ1v) is 5.52. The van der Waals surface area contributed by atoms with Crippen molar-refractivity contribution in [2.45, 2.75) is 18.9 Å². The van der Waals surface area contributed by atoms with E-state index in [2.05, 4.69) is 17.2 Å². The summed E-state index contributed by atoms with van der Waals surface area (Å²) < 4.78 is 1.88. The van der Waals surface area contributed by atoms with Crippen molar-refractivity contribution in [1.82, 2.24) is 9.78 Å². The smallest absolute Gasteiger partial charge is 0.0492 e. The molecule has 0 fully saturated rings. The van der Waals surface area contributed by atoms with Crippen LogP contribution in [0.15, 0.2) is 42.6 Å². The number of aryl methyl sites for hydroxylation is 1. The summed E-state index contributed by atoms with van der Waals surface area (Å²) in [4.78, 5) is 0. The molecule has 0 aliphatic heterocycles. The van der Waals surface area contributed by atoms with E-state index in [-0.39, 0.29) is 6.04 Å². The molecule has 0 amide bonds. The van der Waals surface area contributed by atoms with E-state index in [0.29, 0.717) is 0 Å². The van der Waals surface area contributed by atoms with E-state index in [1.807, 2.05) is 42.2 Å². The molecular weight excluding hydrogens is 198 g/mol. The molecule has 84 valence electrons. The van der Waals surface area contributed by atoms with Crippen molar-refractivity contribution in [2.24, 2.45) is 12.8 Å². The van der Waals surface area contributed by atoms with Gasteiger partial charge < -0.3 is 5.73 Å². The lowest BCUT2D eigenvalue weighted by atomic mass is 10.0. The summed E-state index contributed by atoms with van der Waals surface area (Å²) in [7, 11) is 1.95. The normalized spacial score (nSPS) is 12.6. The zero-order valence-electron chi connectivity index (χ0n) is 9.50. The van der Waals surface area contributed by atoms with Gasteiger partial charge in [0, 0.05) is 31.4 Å². The second-order valence-corrected chi connectivity index (χ2v) is 4.10. The molecule has 1 atom stereocenters. The van der Waals surface area contributed by atoms with Crippen LogP contribution in [0, 0.1) is 0 Å². The number of nitrogens with two attached hydrogens (primary N) is 1. The van der Waals surface area contributed by atoms with Crippen LogP contribution < -0.4 is 5.73 Å². The van der Waals surface area contributed by atoms with Crippen molar-refractivity contribution in [3.05, 3.63) is 53.9 Å². The van der Waals surface area contributed by atoms with E-state index in [9.17, 15) is 0 Å². The van der Waals surface area contributed by atoms with E-state index in [1.165, 1.54) is 11.3 Å². The third-order valence-electron chi connectivity index (χ3n) is 2.73. The molecule has 2 N–H and O–H groups in total. The molecule has 2 rings (SSSR count). The second kappa shape index (κ2) is 4.94. The predicted octanol–water partition coefficient (Wildman–Crippen LogP) is 1.53. The molecule has 0 saturated carbocycles. The molecule has 1 heterocycles. The maximum absolute atomic E-state index is 6.12. The van der Waals surface area contributed by atoms with Gasteiger partial charge in [0.1, 0.15) is 0 Å². The van der Waals surface area contributed by atoms with Gasteiger partial charge in [-0.1, -0.05) is 30.3 Å². The highest BCUT2D eigenvalue weighted by Gasteiger charge is 2.07. The highest BCUT2D eigenvalue weighted by atomic mass is 15.3. The molecule has 1 aromatic carbocycles. The third-order valence-corrected chi connectivity index (χ3v) is 2.73. The van der Waals surface area contributed by atoms with Gasteiger partial charge in [-0.3, -0.25) is 4.68 Å². The maximum atomic E-state index is 6.12. The minimum absolute atomic E-state index is 0.151. The van der Waals surface area contributed by atoms with Crippen molar-refractivity contribution in [3.8, 4) is 0 Å². The van der Waals surface area contributed by atoms with E-state index >= 15 is 0 Å². The van der Waals surface area contributed by atoms with E-state index < -0.39 is 0 Å². The molecule has 2 aromatic rings. The quantitative estimate of drug-likeness (QED) is 0.840. The van der Waals surface area contributed by atoms with Gasteiger partial charge in [-0.2, -0.15) is 5.10 Å². The Morgan fingerprint density at radius 3 is 2.56 bits per heavy atom. The molecule has 3 heteroatoms. The Hall–Kier alpha value is -1.61. The summed E-state index contributed by atoms with van der Waals surface area (Å²) in [5, 5.41) is 4.14. The Morgan fingerprint density at radius 2 is 1.94 bits per heavy atom. The monoisotopic (exact) mass is 215 g/mol. The van der Waals surface area contributed by atoms with Crippen LogP contribution in [-0.2, 0) is 19.9 Å². The Labute approximate surface area is 95.9 Å². The molecule has 0 spiro atoms. The van der Waals surface area contributed by atoms with Crippen LogP contribution in [0.2, 0.25) is 0 Å². The van der Waals surface area contributed by atoms with E-state index in [0.717, 1.165) is 12.8 Å². The fourth-order valence-corrected chi connectivity index (χ4v) is 1.86. The molecule has 1 unspecified atom stereocenters. The fourth-order valence-electron chi connectivity index (χ4n) is 1.86. The average Bonchev–Trinajstić information content (AvgIpc) is 2.66. The summed E-state index contributed by atoms with van der Waals surface area (Å²) in [5.41, 5.74) is 8.60. The van der Waals surface area contributed by atoms with Crippen molar-refractivity contribution >= 4 is 0 Å². The van der Waals surface area contributed by atoms with E-state index in [1.54, 1.807) is 0 Å². The molecule has 0 radical (unpaired) electrons. The van der Waals surface area contributed by atoms with Crippen LogP contribution in [0.3, 0.4) is 0 Å². The van der Waals surface area contributed by atoms with Crippen LogP contribution in [0.5, 0.6) is 0 Å². The summed E-state index contributed by atoms with van der Waals surface area (Å²) in [5.74, 6) is 0. The molecule has 0 bridgehead atoms. The second-order valence-electron chi connectivity index (χ2n) is 4.10. The third kappa shape index (κ3) is 2.70. The van der Waals surface area contributed by atoms with Crippen molar-refractivity contribution in [2.75, 3.05) is 0 Å². The molecule has 16 heavy (non-hydrogen) atoms. The van der Waals surface area contributed by atoms with Crippen molar-refractivity contribution in [1.29, 1.82) is 0 Å². The van der Waals surface area contributed by atoms with Gasteiger partial charge in [0.2, 0.25) is 0 Å². The van der Waals surface area contributed by atoms with Gasteiger partial charge in [0.15, 0.2) is 0 Å². The number of rotatable bonds is 4. The zero-order chi connectivity index (χ0) is 11.4. The molecule has 3 nitrogen and oxygen atoms in total. The number of benzene rings is 1. The summed E-state index contributed by atoms with van der Waals surface area (Å²) in [6.07, 6.45) is 3.59. The van der Waals surface area contributed by atoms with Gasteiger partial charge in [-0.05, 0) is 18.1 Å². The maximum Gasteiger partial charge on any atom is 0.0492 e. The largest absolute Gasteiger partial charge is 0.327 e. The molecule has 0 aliphatic carbocycles. The number of hydrogen-bond donors (Lipinski definition) is 1. The first-order chi connectivity index (χ1) is 7.75. The van der Waals surface area contributed by atoms with Gasteiger partial charge in [-0.25, -0.2) is 0 Å². The SMILES string of the molecule is Cn1nccc1CC(N)Cc1ccccc1. The predicted molar refractivity (Wildman–Crippen MR) is 65.0 cm³/mol. The Kier molecular flexibility index (Phi) is 3.37. The minimum Gasteiger partial charge on any atom is -0.327 e. The molecule has 1 aromatic heterocycles. The Morgan fingerprint density at radius 1 is 1.19 bits per heavy atom. The Bertz CT molecular complexity index is 433. The van der Waals surface area contributed by atoms with Crippen LogP contribution in [0.4, 0.5) is 0 Å². The topological polar surface area (TPSA) is 43.8 Å². The first-order valence-electron chi connectivity index (χ1n) is 5.52. The minimum atomic E-state index is 0.151. The lowest BCUT2D eigenvalue weighted by Gasteiger charge is -2.11. The zero-order valence-corrected chi connectivity index (χ0v) is 9.50. The number of hydrogen-bond acceptors (Lipinski definition) is 2. The van der Waals surface area contributed by atoms with Crippen LogP contribution in [0.25, 0.3) is 0 Å². The van der Waals surface area contributed by atoms with Crippen LogP contribution in [-0.4, -0.2) is 15.8 Å². The summed E-state index contributed by atoms with van der Waals surface area (Å²) >= 11 is 0. The standard InChI is InChI=1S/C13H17N3/c1-16-13(7-8-15-16)10-12(14)9-11-5-3-2-4-6-11/h2-8,12H,9-10,14H2,1H3. The van der Waals surface area contributed by atoms with Gasteiger partial charge in [-0.15, -0.1) is 0 Å². The van der Waals surface area contributed by atoms with Gasteiger partial charge >= 0.3 is 0 Å². The molecular formula is C13H17N3. The molecule has 0 aliphatic rings. The Balaban J connectivity index is 1.95. The summed E-state index contributed by atoms with van der Waals surface area (Å²) in [6, 6.07) is 12.5. The number of aromatic nitrogens is 2. The fraction of sp³-hybridized carbons (Fsp3) is 0.308. The van der Waals surface area contributed by atoms with Crippen molar-refractivity contribution in [3.63, 3.8) is 0 Å².